The van der Waals surface area contributed by atoms with Crippen LogP contribution in [0.2, 0.25) is 5.15 Å². The molecule has 3 aromatic heterocycles. The maximum absolute atomic E-state index is 6.61. The van der Waals surface area contributed by atoms with Gasteiger partial charge in [-0.05, 0) is 31.9 Å². The number of ether oxygens (including phenoxy) is 1. The van der Waals surface area contributed by atoms with E-state index >= 15 is 0 Å². The molecule has 1 fully saturated rings. The van der Waals surface area contributed by atoms with Crippen LogP contribution in [0.1, 0.15) is 31.5 Å². The molecule has 2 aromatic carbocycles. The van der Waals surface area contributed by atoms with Gasteiger partial charge in [-0.1, -0.05) is 60.1 Å². The smallest absolute Gasteiger partial charge is 0.155 e. The van der Waals surface area contributed by atoms with Crippen molar-refractivity contribution >= 4 is 28.0 Å². The summed E-state index contributed by atoms with van der Waals surface area (Å²) in [5.41, 5.74) is 5.64. The molecule has 35 heavy (non-hydrogen) atoms. The molecule has 0 aliphatic heterocycles. The number of pyridine rings is 1. The van der Waals surface area contributed by atoms with Gasteiger partial charge in [-0.3, -0.25) is 9.72 Å². The lowest BCUT2D eigenvalue weighted by atomic mass is 9.80. The minimum absolute atomic E-state index is 0.358. The molecule has 1 aliphatic carbocycles. The van der Waals surface area contributed by atoms with E-state index in [1.165, 1.54) is 0 Å². The van der Waals surface area contributed by atoms with Gasteiger partial charge in [-0.15, -0.1) is 0 Å². The number of nitrogens with one attached hydrogen (secondary N) is 1. The van der Waals surface area contributed by atoms with Gasteiger partial charge in [0.05, 0.1) is 23.6 Å². The van der Waals surface area contributed by atoms with Crippen LogP contribution in [-0.4, -0.2) is 38.7 Å². The first kappa shape index (κ1) is 22.2. The SMILES string of the molecule is CCOCNC1CC(c2nc(-c3ccc4ccc(-c5ccccc5)nc4c3)c3c(Cl)nccn23)C1. The third kappa shape index (κ3) is 4.18. The molecule has 0 radical (unpaired) electrons. The Balaban J connectivity index is 1.38. The molecule has 6 nitrogen and oxygen atoms in total. The third-order valence-corrected chi connectivity index (χ3v) is 7.03. The van der Waals surface area contributed by atoms with E-state index in [1.807, 2.05) is 31.3 Å². The van der Waals surface area contributed by atoms with Gasteiger partial charge < -0.3 is 4.74 Å². The topological polar surface area (TPSA) is 64.3 Å². The number of benzene rings is 2. The van der Waals surface area contributed by atoms with E-state index < -0.39 is 0 Å². The highest BCUT2D eigenvalue weighted by molar-refractivity contribution is 6.33. The van der Waals surface area contributed by atoms with Crippen LogP contribution in [0.15, 0.2) is 73.1 Å². The van der Waals surface area contributed by atoms with Gasteiger partial charge in [0, 0.05) is 47.5 Å². The summed E-state index contributed by atoms with van der Waals surface area (Å²) in [6, 6.07) is 21.1. The fourth-order valence-corrected chi connectivity index (χ4v) is 5.06. The van der Waals surface area contributed by atoms with Gasteiger partial charge in [-0.25, -0.2) is 15.0 Å². The van der Waals surface area contributed by atoms with E-state index in [9.17, 15) is 0 Å². The van der Waals surface area contributed by atoms with Crippen LogP contribution < -0.4 is 5.32 Å². The van der Waals surface area contributed by atoms with E-state index in [0.717, 1.165) is 64.2 Å². The first-order valence-corrected chi connectivity index (χ1v) is 12.4. The molecule has 1 aliphatic rings. The van der Waals surface area contributed by atoms with E-state index in [2.05, 4.69) is 57.2 Å². The fraction of sp³-hybridized carbons (Fsp3) is 0.250. The predicted octanol–water partition coefficient (Wildman–Crippen LogP) is 6.09. The van der Waals surface area contributed by atoms with Crippen LogP contribution >= 0.6 is 11.6 Å². The fourth-order valence-electron chi connectivity index (χ4n) is 4.82. The molecule has 7 heteroatoms. The molecular weight excluding hydrogens is 458 g/mol. The minimum atomic E-state index is 0.358. The van der Waals surface area contributed by atoms with Gasteiger partial charge in [0.2, 0.25) is 0 Å². The first-order valence-electron chi connectivity index (χ1n) is 12.0. The van der Waals surface area contributed by atoms with Crippen molar-refractivity contribution < 1.29 is 4.74 Å². The predicted molar refractivity (Wildman–Crippen MR) is 140 cm³/mol. The van der Waals surface area contributed by atoms with E-state index in [1.54, 1.807) is 6.20 Å². The summed E-state index contributed by atoms with van der Waals surface area (Å²) in [5, 5.41) is 4.99. The van der Waals surface area contributed by atoms with Crippen LogP contribution in [0.5, 0.6) is 0 Å². The molecule has 0 bridgehead atoms. The summed E-state index contributed by atoms with van der Waals surface area (Å²) in [7, 11) is 0. The van der Waals surface area contributed by atoms with Gasteiger partial charge in [-0.2, -0.15) is 0 Å². The molecule has 0 atom stereocenters. The standard InChI is InChI=1S/C28H26ClN5O/c1-2-35-17-31-22-14-21(15-22)28-33-25(26-27(29)30-12-13-34(26)28)20-9-8-19-10-11-23(32-24(19)16-20)18-6-4-3-5-7-18/h3-13,16,21-22,31H,2,14-15,17H2,1H3. The molecule has 0 spiro atoms. The maximum atomic E-state index is 6.61. The Bertz CT molecular complexity index is 1490. The number of halogens is 1. The number of hydrogen-bond acceptors (Lipinski definition) is 5. The lowest BCUT2D eigenvalue weighted by Gasteiger charge is -2.35. The number of fused-ring (bicyclic) bond motifs is 2. The molecular formula is C28H26ClN5O. The van der Waals surface area contributed by atoms with Crippen molar-refractivity contribution in [3.8, 4) is 22.5 Å². The zero-order chi connectivity index (χ0) is 23.8. The molecule has 5 aromatic rings. The van der Waals surface area contributed by atoms with Crippen molar-refractivity contribution in [1.82, 2.24) is 24.7 Å². The second-order valence-corrected chi connectivity index (χ2v) is 9.29. The highest BCUT2D eigenvalue weighted by atomic mass is 35.5. The van der Waals surface area contributed by atoms with Crippen LogP contribution in [0.4, 0.5) is 0 Å². The molecule has 176 valence electrons. The van der Waals surface area contributed by atoms with Crippen molar-refractivity contribution in [2.45, 2.75) is 31.7 Å². The van der Waals surface area contributed by atoms with E-state index in [-0.39, 0.29) is 0 Å². The average molecular weight is 484 g/mol. The first-order chi connectivity index (χ1) is 17.2. The van der Waals surface area contributed by atoms with Crippen molar-refractivity contribution in [2.24, 2.45) is 0 Å². The van der Waals surface area contributed by atoms with Crippen molar-refractivity contribution in [1.29, 1.82) is 0 Å². The molecule has 0 amide bonds. The van der Waals surface area contributed by atoms with Gasteiger partial charge >= 0.3 is 0 Å². The lowest BCUT2D eigenvalue weighted by molar-refractivity contribution is 0.102. The Morgan fingerprint density at radius 2 is 1.86 bits per heavy atom. The Kier molecular flexibility index (Phi) is 5.94. The highest BCUT2D eigenvalue weighted by Gasteiger charge is 2.34. The number of aromatic nitrogens is 4. The van der Waals surface area contributed by atoms with E-state index in [0.29, 0.717) is 23.8 Å². The molecule has 0 unspecified atom stereocenters. The van der Waals surface area contributed by atoms with Crippen molar-refractivity contribution in [3.63, 3.8) is 0 Å². The largest absolute Gasteiger partial charge is 0.367 e. The van der Waals surface area contributed by atoms with Crippen LogP contribution in [-0.2, 0) is 4.74 Å². The number of hydrogen-bond donors (Lipinski definition) is 1. The van der Waals surface area contributed by atoms with Crippen LogP contribution in [0.3, 0.4) is 0 Å². The molecule has 0 saturated heterocycles. The lowest BCUT2D eigenvalue weighted by Crippen LogP contribution is -2.41. The van der Waals surface area contributed by atoms with Gasteiger partial charge in [0.1, 0.15) is 11.3 Å². The highest BCUT2D eigenvalue weighted by Crippen LogP contribution is 2.40. The molecule has 1 N–H and O–H groups in total. The summed E-state index contributed by atoms with van der Waals surface area (Å²) in [6.07, 6.45) is 5.74. The second kappa shape index (κ2) is 9.38. The summed E-state index contributed by atoms with van der Waals surface area (Å²) < 4.78 is 7.54. The molecule has 6 rings (SSSR count). The minimum Gasteiger partial charge on any atom is -0.367 e. The number of imidazole rings is 1. The maximum Gasteiger partial charge on any atom is 0.155 e. The van der Waals surface area contributed by atoms with Crippen molar-refractivity contribution in [2.75, 3.05) is 13.3 Å². The summed E-state index contributed by atoms with van der Waals surface area (Å²) in [4.78, 5) is 14.4. The normalized spacial score (nSPS) is 17.7. The van der Waals surface area contributed by atoms with Crippen LogP contribution in [0.25, 0.3) is 38.9 Å². The summed E-state index contributed by atoms with van der Waals surface area (Å²) in [5.74, 6) is 1.39. The zero-order valence-electron chi connectivity index (χ0n) is 19.5. The average Bonchev–Trinajstić information content (AvgIpc) is 3.26. The quantitative estimate of drug-likeness (QED) is 0.224. The Labute approximate surface area is 209 Å². The van der Waals surface area contributed by atoms with Crippen molar-refractivity contribution in [3.05, 3.63) is 84.0 Å². The Hall–Kier alpha value is -3.32. The second-order valence-electron chi connectivity index (χ2n) is 8.93. The van der Waals surface area contributed by atoms with Gasteiger partial charge in [0.15, 0.2) is 5.15 Å². The summed E-state index contributed by atoms with van der Waals surface area (Å²) >= 11 is 6.61. The summed E-state index contributed by atoms with van der Waals surface area (Å²) in [6.45, 7) is 3.31. The Morgan fingerprint density at radius 3 is 2.69 bits per heavy atom. The van der Waals surface area contributed by atoms with E-state index in [4.69, 9.17) is 26.3 Å². The Morgan fingerprint density at radius 1 is 1.03 bits per heavy atom. The van der Waals surface area contributed by atoms with Crippen LogP contribution in [0, 0.1) is 0 Å². The molecule has 3 heterocycles. The molecule has 1 saturated carbocycles. The number of rotatable bonds is 7. The van der Waals surface area contributed by atoms with Gasteiger partial charge in [0.25, 0.3) is 0 Å². The third-order valence-electron chi connectivity index (χ3n) is 6.75. The monoisotopic (exact) mass is 483 g/mol. The zero-order valence-corrected chi connectivity index (χ0v) is 20.2. The number of nitrogens with zero attached hydrogens (tertiary/aromatic N) is 4.